The van der Waals surface area contributed by atoms with Gasteiger partial charge in [0.25, 0.3) is 0 Å². The summed E-state index contributed by atoms with van der Waals surface area (Å²) < 4.78 is 66.3. The summed E-state index contributed by atoms with van der Waals surface area (Å²) in [5, 5.41) is 5.30. The van der Waals surface area contributed by atoms with E-state index in [-0.39, 0.29) is 28.7 Å². The molecule has 4 rings (SSSR count). The van der Waals surface area contributed by atoms with Crippen molar-refractivity contribution in [3.63, 3.8) is 0 Å². The van der Waals surface area contributed by atoms with Crippen LogP contribution >= 0.6 is 0 Å². The van der Waals surface area contributed by atoms with E-state index in [2.05, 4.69) is 42.1 Å². The Labute approximate surface area is 213 Å². The van der Waals surface area contributed by atoms with E-state index in [1.54, 1.807) is 45.0 Å². The smallest absolute Gasteiger partial charge is 0.359 e. The van der Waals surface area contributed by atoms with Gasteiger partial charge in [-0.2, -0.15) is 18.2 Å². The number of pyridine rings is 1. The summed E-state index contributed by atoms with van der Waals surface area (Å²) in [6, 6.07) is 9.56. The lowest BCUT2D eigenvalue weighted by Crippen LogP contribution is -2.40. The molecular weight excluding hydrogens is 505 g/mol. The molecule has 0 radical (unpaired) electrons. The number of hydrogen-bond acceptors (Lipinski definition) is 7. The molecule has 196 valence electrons. The van der Waals surface area contributed by atoms with Gasteiger partial charge in [-0.05, 0) is 69.4 Å². The fraction of sp³-hybridized carbons (Fsp3) is 0.400. The van der Waals surface area contributed by atoms with Gasteiger partial charge in [0, 0.05) is 18.0 Å². The van der Waals surface area contributed by atoms with Crippen LogP contribution in [0.3, 0.4) is 0 Å². The highest BCUT2D eigenvalue weighted by molar-refractivity contribution is 7.89. The first-order valence-electron chi connectivity index (χ1n) is 11.7. The van der Waals surface area contributed by atoms with Gasteiger partial charge in [0.1, 0.15) is 17.8 Å². The average Bonchev–Trinajstić information content (AvgIpc) is 3.63. The molecule has 37 heavy (non-hydrogen) atoms. The van der Waals surface area contributed by atoms with E-state index >= 15 is 0 Å². The van der Waals surface area contributed by atoms with Crippen LogP contribution in [-0.4, -0.2) is 41.6 Å². The third-order valence-electron chi connectivity index (χ3n) is 5.11. The number of sulfonamides is 1. The van der Waals surface area contributed by atoms with Crippen molar-refractivity contribution in [2.75, 3.05) is 17.2 Å². The van der Waals surface area contributed by atoms with E-state index in [1.165, 1.54) is 12.1 Å². The lowest BCUT2D eigenvalue weighted by atomic mass is 10.1. The molecule has 2 heterocycles. The second-order valence-electron chi connectivity index (χ2n) is 9.83. The highest BCUT2D eigenvalue weighted by atomic mass is 32.2. The van der Waals surface area contributed by atoms with Crippen LogP contribution in [0.1, 0.15) is 44.9 Å². The predicted molar refractivity (Wildman–Crippen MR) is 135 cm³/mol. The topological polar surface area (TPSA) is 109 Å². The number of fused-ring (bicyclic) bond motifs is 1. The molecule has 0 atom stereocenters. The Morgan fingerprint density at radius 3 is 2.30 bits per heavy atom. The van der Waals surface area contributed by atoms with Crippen molar-refractivity contribution in [3.05, 3.63) is 47.7 Å². The van der Waals surface area contributed by atoms with E-state index in [9.17, 15) is 21.6 Å². The van der Waals surface area contributed by atoms with E-state index < -0.39 is 28.3 Å². The fourth-order valence-corrected chi connectivity index (χ4v) is 4.72. The van der Waals surface area contributed by atoms with Gasteiger partial charge in [0.2, 0.25) is 16.0 Å². The first kappa shape index (κ1) is 26.6. The average molecular weight is 533 g/mol. The fourth-order valence-electron chi connectivity index (χ4n) is 3.30. The number of anilines is 2. The number of benzene rings is 1. The summed E-state index contributed by atoms with van der Waals surface area (Å²) in [4.78, 5) is 13.1. The summed E-state index contributed by atoms with van der Waals surface area (Å²) in [6.45, 7) is 4.19. The number of halogens is 3. The van der Waals surface area contributed by atoms with Crippen molar-refractivity contribution >= 4 is 32.8 Å². The second-order valence-corrected chi connectivity index (χ2v) is 11.5. The van der Waals surface area contributed by atoms with Crippen LogP contribution in [0.4, 0.5) is 24.9 Å². The molecule has 0 spiro atoms. The molecule has 0 amide bonds. The van der Waals surface area contributed by atoms with Crippen molar-refractivity contribution in [3.8, 4) is 11.8 Å². The zero-order chi connectivity index (χ0) is 26.8. The molecular formula is C25H27F3N6O2S. The molecule has 1 saturated carbocycles. The molecule has 0 saturated heterocycles. The summed E-state index contributed by atoms with van der Waals surface area (Å²) in [5.74, 6) is 6.43. The third kappa shape index (κ3) is 7.77. The number of alkyl halides is 3. The molecule has 12 heteroatoms. The summed E-state index contributed by atoms with van der Waals surface area (Å²) in [6.07, 6.45) is -2.36. The monoisotopic (exact) mass is 532 g/mol. The number of hydrogen-bond donors (Lipinski definition) is 3. The SMILES string of the molecule is CC(C)(C)NS(=O)(=O)c1ccc(CNc2nc(NCC(F)(F)F)c3nc(C#CC4CC4)ccc3n2)cc1. The maximum atomic E-state index is 12.9. The summed E-state index contributed by atoms with van der Waals surface area (Å²) in [5.41, 5.74) is 1.10. The summed E-state index contributed by atoms with van der Waals surface area (Å²) >= 11 is 0. The van der Waals surface area contributed by atoms with Crippen LogP contribution in [0, 0.1) is 17.8 Å². The van der Waals surface area contributed by atoms with Crippen molar-refractivity contribution in [1.29, 1.82) is 0 Å². The van der Waals surface area contributed by atoms with Crippen LogP contribution in [0.2, 0.25) is 0 Å². The molecule has 2 aromatic heterocycles. The Kier molecular flexibility index (Phi) is 7.30. The molecule has 1 aliphatic rings. The van der Waals surface area contributed by atoms with Gasteiger partial charge in [0.15, 0.2) is 5.82 Å². The van der Waals surface area contributed by atoms with Crippen LogP contribution in [-0.2, 0) is 16.6 Å². The third-order valence-corrected chi connectivity index (χ3v) is 6.88. The van der Waals surface area contributed by atoms with Crippen molar-refractivity contribution in [2.24, 2.45) is 5.92 Å². The Balaban J connectivity index is 1.54. The minimum absolute atomic E-state index is 0.0606. The van der Waals surface area contributed by atoms with Crippen LogP contribution in [0.15, 0.2) is 41.3 Å². The van der Waals surface area contributed by atoms with Gasteiger partial charge in [0.05, 0.1) is 10.4 Å². The molecule has 8 nitrogen and oxygen atoms in total. The van der Waals surface area contributed by atoms with E-state index in [0.29, 0.717) is 17.1 Å². The lowest BCUT2D eigenvalue weighted by molar-refractivity contribution is -0.115. The van der Waals surface area contributed by atoms with Gasteiger partial charge < -0.3 is 10.6 Å². The molecule has 0 bridgehead atoms. The van der Waals surface area contributed by atoms with Gasteiger partial charge in [-0.1, -0.05) is 18.1 Å². The zero-order valence-corrected chi connectivity index (χ0v) is 21.4. The van der Waals surface area contributed by atoms with Crippen LogP contribution in [0.25, 0.3) is 11.0 Å². The van der Waals surface area contributed by atoms with Gasteiger partial charge in [-0.3, -0.25) is 0 Å². The molecule has 0 aliphatic heterocycles. The molecule has 3 aromatic rings. The Morgan fingerprint density at radius 1 is 0.973 bits per heavy atom. The first-order chi connectivity index (χ1) is 17.3. The Morgan fingerprint density at radius 2 is 1.68 bits per heavy atom. The zero-order valence-electron chi connectivity index (χ0n) is 20.6. The van der Waals surface area contributed by atoms with Crippen LogP contribution < -0.4 is 15.4 Å². The second kappa shape index (κ2) is 10.1. The number of rotatable bonds is 7. The predicted octanol–water partition coefficient (Wildman–Crippen LogP) is 4.45. The van der Waals surface area contributed by atoms with Crippen molar-refractivity contribution in [1.82, 2.24) is 19.7 Å². The highest BCUT2D eigenvalue weighted by Gasteiger charge is 2.28. The minimum atomic E-state index is -4.45. The van der Waals surface area contributed by atoms with Crippen molar-refractivity contribution < 1.29 is 21.6 Å². The largest absolute Gasteiger partial charge is 0.405 e. The normalized spacial score (nSPS) is 14.2. The Hall–Kier alpha value is -3.43. The highest BCUT2D eigenvalue weighted by Crippen LogP contribution is 2.28. The van der Waals surface area contributed by atoms with E-state index in [0.717, 1.165) is 18.4 Å². The maximum absolute atomic E-state index is 12.9. The molecule has 3 N–H and O–H groups in total. The molecule has 0 unspecified atom stereocenters. The standard InChI is InChI=1S/C25H27F3N6O2S/c1-24(2,3)34-37(35,36)19-11-7-17(8-12-19)14-29-23-32-20-13-10-18(9-6-16-4-5-16)31-21(20)22(33-23)30-15-25(26,27)28/h7-8,10-13,16,34H,4-5,14-15H2,1-3H3,(H2,29,30,32,33). The van der Waals surface area contributed by atoms with Crippen LogP contribution in [0.5, 0.6) is 0 Å². The quantitative estimate of drug-likeness (QED) is 0.386. The Bertz CT molecular complexity index is 1450. The lowest BCUT2D eigenvalue weighted by Gasteiger charge is -2.20. The number of aromatic nitrogens is 3. The van der Waals surface area contributed by atoms with Gasteiger partial charge >= 0.3 is 6.18 Å². The maximum Gasteiger partial charge on any atom is 0.405 e. The van der Waals surface area contributed by atoms with Crippen molar-refractivity contribution in [2.45, 2.75) is 56.8 Å². The van der Waals surface area contributed by atoms with Gasteiger partial charge in [-0.15, -0.1) is 0 Å². The molecule has 1 aromatic carbocycles. The van der Waals surface area contributed by atoms with Gasteiger partial charge in [-0.25, -0.2) is 23.1 Å². The van der Waals surface area contributed by atoms with E-state index in [1.807, 2.05) is 0 Å². The first-order valence-corrected chi connectivity index (χ1v) is 13.1. The number of nitrogens with zero attached hydrogens (tertiary/aromatic N) is 3. The summed E-state index contributed by atoms with van der Waals surface area (Å²) in [7, 11) is -3.67. The molecule has 1 aliphatic carbocycles. The number of nitrogens with one attached hydrogen (secondary N) is 3. The van der Waals surface area contributed by atoms with E-state index in [4.69, 9.17) is 0 Å². The minimum Gasteiger partial charge on any atom is -0.359 e. The molecule has 1 fully saturated rings.